The molecule has 0 bridgehead atoms. The molecule has 7 nitrogen and oxygen atoms in total. The first-order chi connectivity index (χ1) is 12.2. The molecule has 0 radical (unpaired) electrons. The van der Waals surface area contributed by atoms with Crippen molar-refractivity contribution in [2.45, 2.75) is 13.8 Å². The summed E-state index contributed by atoms with van der Waals surface area (Å²) in [6.45, 7) is 4.34. The molecule has 2 heterocycles. The fourth-order valence-corrected chi connectivity index (χ4v) is 2.53. The van der Waals surface area contributed by atoms with E-state index < -0.39 is 0 Å². The van der Waals surface area contributed by atoms with Gasteiger partial charge in [0.25, 0.3) is 0 Å². The van der Waals surface area contributed by atoms with Crippen LogP contribution in [0.1, 0.15) is 11.1 Å². The van der Waals surface area contributed by atoms with Gasteiger partial charge in [0, 0.05) is 17.4 Å². The fraction of sp³-hybridized carbons (Fsp3) is 0.167. The fourth-order valence-electron chi connectivity index (χ4n) is 2.53. The predicted molar refractivity (Wildman–Crippen MR) is 94.9 cm³/mol. The maximum Gasteiger partial charge on any atom is 0.249 e. The molecule has 4 rings (SSSR count). The Bertz CT molecular complexity index is 929. The number of hydrogen-bond acceptors (Lipinski definition) is 7. The Hall–Kier alpha value is -3.35. The normalized spacial score (nSPS) is 12.1. The van der Waals surface area contributed by atoms with E-state index in [1.165, 1.54) is 5.56 Å². The molecular formula is C18H17N5O2. The summed E-state index contributed by atoms with van der Waals surface area (Å²) in [6, 6.07) is 11.8. The van der Waals surface area contributed by atoms with Crippen molar-refractivity contribution in [2.75, 3.05) is 17.4 Å². The minimum Gasteiger partial charge on any atom is -0.454 e. The highest BCUT2D eigenvalue weighted by Crippen LogP contribution is 2.34. The molecule has 0 amide bonds. The van der Waals surface area contributed by atoms with Crippen LogP contribution in [0.2, 0.25) is 0 Å². The summed E-state index contributed by atoms with van der Waals surface area (Å²) in [4.78, 5) is 4.46. The van der Waals surface area contributed by atoms with Crippen LogP contribution in [-0.2, 0) is 0 Å². The molecule has 0 spiro atoms. The van der Waals surface area contributed by atoms with Gasteiger partial charge >= 0.3 is 0 Å². The summed E-state index contributed by atoms with van der Waals surface area (Å²) >= 11 is 0. The van der Waals surface area contributed by atoms with Crippen LogP contribution in [0.25, 0.3) is 0 Å². The zero-order valence-electron chi connectivity index (χ0n) is 13.9. The average Bonchev–Trinajstić information content (AvgIpc) is 3.06. The van der Waals surface area contributed by atoms with Crippen LogP contribution < -0.4 is 20.1 Å². The number of aromatic nitrogens is 3. The average molecular weight is 335 g/mol. The lowest BCUT2D eigenvalue weighted by molar-refractivity contribution is 0.174. The van der Waals surface area contributed by atoms with E-state index in [-0.39, 0.29) is 6.79 Å². The molecule has 126 valence electrons. The smallest absolute Gasteiger partial charge is 0.249 e. The molecule has 2 aromatic carbocycles. The molecule has 0 fully saturated rings. The first-order valence-corrected chi connectivity index (χ1v) is 7.88. The summed E-state index contributed by atoms with van der Waals surface area (Å²) in [7, 11) is 0. The monoisotopic (exact) mass is 335 g/mol. The quantitative estimate of drug-likeness (QED) is 0.752. The van der Waals surface area contributed by atoms with E-state index in [9.17, 15) is 0 Å². The number of anilines is 4. The van der Waals surface area contributed by atoms with E-state index in [2.05, 4.69) is 50.9 Å². The van der Waals surface area contributed by atoms with Gasteiger partial charge in [0.15, 0.2) is 17.3 Å². The van der Waals surface area contributed by atoms with Crippen LogP contribution in [0, 0.1) is 13.8 Å². The molecule has 0 saturated heterocycles. The number of hydrogen-bond donors (Lipinski definition) is 2. The SMILES string of the molecule is Cc1ccc(C)c(Nc2cnnc(Nc3ccc4c(c3)OCO4)n2)c1. The highest BCUT2D eigenvalue weighted by molar-refractivity contribution is 5.63. The highest BCUT2D eigenvalue weighted by Gasteiger charge is 2.13. The van der Waals surface area contributed by atoms with Crippen LogP contribution in [-0.4, -0.2) is 22.0 Å². The summed E-state index contributed by atoms with van der Waals surface area (Å²) in [5, 5.41) is 14.4. The van der Waals surface area contributed by atoms with Crippen LogP contribution in [0.15, 0.2) is 42.6 Å². The van der Waals surface area contributed by atoms with Gasteiger partial charge in [-0.2, -0.15) is 10.1 Å². The molecule has 1 aliphatic heterocycles. The highest BCUT2D eigenvalue weighted by atomic mass is 16.7. The second-order valence-electron chi connectivity index (χ2n) is 5.80. The van der Waals surface area contributed by atoms with Gasteiger partial charge in [0.2, 0.25) is 12.7 Å². The molecule has 0 saturated carbocycles. The van der Waals surface area contributed by atoms with Gasteiger partial charge in [0.1, 0.15) is 0 Å². The molecule has 2 N–H and O–H groups in total. The van der Waals surface area contributed by atoms with Crippen LogP contribution in [0.5, 0.6) is 11.5 Å². The summed E-state index contributed by atoms with van der Waals surface area (Å²) in [5.41, 5.74) is 4.10. The van der Waals surface area contributed by atoms with Crippen molar-refractivity contribution in [1.82, 2.24) is 15.2 Å². The van der Waals surface area contributed by atoms with E-state index in [0.29, 0.717) is 17.5 Å². The second kappa shape index (κ2) is 6.27. The molecule has 0 unspecified atom stereocenters. The minimum atomic E-state index is 0.242. The Labute approximate surface area is 145 Å². The zero-order valence-corrected chi connectivity index (χ0v) is 13.9. The number of fused-ring (bicyclic) bond motifs is 1. The lowest BCUT2D eigenvalue weighted by Crippen LogP contribution is -2.03. The van der Waals surface area contributed by atoms with Crippen molar-refractivity contribution in [3.63, 3.8) is 0 Å². The number of ether oxygens (including phenoxy) is 2. The van der Waals surface area contributed by atoms with Gasteiger partial charge in [-0.25, -0.2) is 0 Å². The third-order valence-corrected chi connectivity index (χ3v) is 3.84. The zero-order chi connectivity index (χ0) is 17.2. The Morgan fingerprint density at radius 3 is 2.76 bits per heavy atom. The van der Waals surface area contributed by atoms with Crippen molar-refractivity contribution in [1.29, 1.82) is 0 Å². The first kappa shape index (κ1) is 15.2. The lowest BCUT2D eigenvalue weighted by Gasteiger charge is -2.10. The minimum absolute atomic E-state index is 0.242. The first-order valence-electron chi connectivity index (χ1n) is 7.88. The molecule has 7 heteroatoms. The Morgan fingerprint density at radius 2 is 1.84 bits per heavy atom. The topological polar surface area (TPSA) is 81.2 Å². The number of nitrogens with zero attached hydrogens (tertiary/aromatic N) is 3. The Kier molecular flexibility index (Phi) is 3.81. The van der Waals surface area contributed by atoms with Crippen molar-refractivity contribution >= 4 is 23.1 Å². The summed E-state index contributed by atoms with van der Waals surface area (Å²) in [6.07, 6.45) is 1.59. The molecular weight excluding hydrogens is 318 g/mol. The molecule has 25 heavy (non-hydrogen) atoms. The third kappa shape index (κ3) is 3.30. The van der Waals surface area contributed by atoms with Gasteiger partial charge in [-0.05, 0) is 43.2 Å². The number of rotatable bonds is 4. The molecule has 3 aromatic rings. The molecule has 0 atom stereocenters. The van der Waals surface area contributed by atoms with Crippen molar-refractivity contribution in [2.24, 2.45) is 0 Å². The molecule has 1 aliphatic rings. The van der Waals surface area contributed by atoms with E-state index >= 15 is 0 Å². The number of benzene rings is 2. The standard InChI is InChI=1S/C18H17N5O2/c1-11-3-4-12(2)14(7-11)21-17-9-19-23-18(22-17)20-13-5-6-15-16(8-13)25-10-24-15/h3-9H,10H2,1-2H3,(H2,20,21,22,23). The summed E-state index contributed by atoms with van der Waals surface area (Å²) in [5.74, 6) is 2.44. The molecule has 1 aromatic heterocycles. The third-order valence-electron chi connectivity index (χ3n) is 3.84. The van der Waals surface area contributed by atoms with E-state index in [1.807, 2.05) is 25.1 Å². The van der Waals surface area contributed by atoms with Crippen LogP contribution >= 0.6 is 0 Å². The second-order valence-corrected chi connectivity index (χ2v) is 5.80. The largest absolute Gasteiger partial charge is 0.454 e. The van der Waals surface area contributed by atoms with E-state index in [0.717, 1.165) is 22.7 Å². The lowest BCUT2D eigenvalue weighted by atomic mass is 10.1. The van der Waals surface area contributed by atoms with Crippen molar-refractivity contribution < 1.29 is 9.47 Å². The maximum absolute atomic E-state index is 5.37. The van der Waals surface area contributed by atoms with E-state index in [1.54, 1.807) is 6.20 Å². The van der Waals surface area contributed by atoms with E-state index in [4.69, 9.17) is 9.47 Å². The van der Waals surface area contributed by atoms with Crippen molar-refractivity contribution in [3.8, 4) is 11.5 Å². The van der Waals surface area contributed by atoms with Gasteiger partial charge in [0.05, 0.1) is 6.20 Å². The maximum atomic E-state index is 5.37. The summed E-state index contributed by atoms with van der Waals surface area (Å²) < 4.78 is 10.7. The Morgan fingerprint density at radius 1 is 0.960 bits per heavy atom. The number of aryl methyl sites for hydroxylation is 2. The number of nitrogens with one attached hydrogen (secondary N) is 2. The van der Waals surface area contributed by atoms with Crippen molar-refractivity contribution in [3.05, 3.63) is 53.7 Å². The van der Waals surface area contributed by atoms with Gasteiger partial charge in [-0.15, -0.1) is 5.10 Å². The Balaban J connectivity index is 1.54. The van der Waals surface area contributed by atoms with Crippen LogP contribution in [0.3, 0.4) is 0 Å². The molecule has 0 aliphatic carbocycles. The van der Waals surface area contributed by atoms with Gasteiger partial charge < -0.3 is 20.1 Å². The van der Waals surface area contributed by atoms with Gasteiger partial charge in [-0.3, -0.25) is 0 Å². The predicted octanol–water partition coefficient (Wildman–Crippen LogP) is 3.70. The van der Waals surface area contributed by atoms with Crippen LogP contribution in [0.4, 0.5) is 23.1 Å². The van der Waals surface area contributed by atoms with Gasteiger partial charge in [-0.1, -0.05) is 12.1 Å².